The molecule has 3 aromatic rings. The van der Waals surface area contributed by atoms with Gasteiger partial charge in [-0.05, 0) is 50.1 Å². The van der Waals surface area contributed by atoms with Gasteiger partial charge in [-0.1, -0.05) is 47.5 Å². The Labute approximate surface area is 221 Å². The van der Waals surface area contributed by atoms with E-state index >= 15 is 0 Å². The zero-order valence-electron chi connectivity index (χ0n) is 21.3. The molecule has 38 heavy (non-hydrogen) atoms. The summed E-state index contributed by atoms with van der Waals surface area (Å²) in [4.78, 5) is 59.4. The number of pyridine rings is 1. The van der Waals surface area contributed by atoms with Gasteiger partial charge in [0.2, 0.25) is 0 Å². The first-order chi connectivity index (χ1) is 18.2. The molecule has 4 rings (SSSR count). The number of aromatic nitrogens is 1. The predicted molar refractivity (Wildman–Crippen MR) is 140 cm³/mol. The third kappa shape index (κ3) is 6.05. The van der Waals surface area contributed by atoms with Gasteiger partial charge in [-0.3, -0.25) is 24.2 Å². The lowest BCUT2D eigenvalue weighted by molar-refractivity contribution is -0.138. The van der Waals surface area contributed by atoms with Gasteiger partial charge in [0.25, 0.3) is 17.7 Å². The summed E-state index contributed by atoms with van der Waals surface area (Å²) in [5.41, 5.74) is 3.25. The van der Waals surface area contributed by atoms with Gasteiger partial charge in [-0.15, -0.1) is 0 Å². The Bertz CT molecular complexity index is 1330. The van der Waals surface area contributed by atoms with Crippen LogP contribution in [0, 0.1) is 13.8 Å². The summed E-state index contributed by atoms with van der Waals surface area (Å²) in [6.45, 7) is 4.31. The topological polar surface area (TPSA) is 120 Å². The number of nitrogens with zero attached hydrogens (tertiary/aromatic N) is 3. The number of aliphatic carboxylic acids is 1. The standard InChI is InChI=1S/C29H30N4O5/c1-19-7-9-21(10-8-19)28(37)32-15-4-16-33(29(38)22-11-13-30-14-12-22)27(32)26(36)31-24(18-25(34)35)23-6-3-5-20(2)17-23/h3,5-14,17,24,27H,4,15-16,18H2,1-2H3,(H,31,36)(H,34,35). The lowest BCUT2D eigenvalue weighted by atomic mass is 10.0. The molecule has 0 saturated carbocycles. The molecule has 1 saturated heterocycles. The van der Waals surface area contributed by atoms with Crippen LogP contribution in [0.15, 0.2) is 73.1 Å². The Hall–Kier alpha value is -4.53. The number of carboxylic acid groups (broad SMARTS) is 1. The van der Waals surface area contributed by atoms with Gasteiger partial charge >= 0.3 is 5.97 Å². The average Bonchev–Trinajstić information content (AvgIpc) is 2.92. The molecule has 2 atom stereocenters. The summed E-state index contributed by atoms with van der Waals surface area (Å²) < 4.78 is 0. The number of hydrogen-bond acceptors (Lipinski definition) is 5. The van der Waals surface area contributed by atoms with Crippen molar-refractivity contribution in [3.05, 3.63) is 101 Å². The molecular formula is C29H30N4O5. The molecule has 0 bridgehead atoms. The molecular weight excluding hydrogens is 484 g/mol. The van der Waals surface area contributed by atoms with Crippen molar-refractivity contribution in [3.63, 3.8) is 0 Å². The molecule has 0 radical (unpaired) electrons. The molecule has 1 fully saturated rings. The molecule has 9 heteroatoms. The monoisotopic (exact) mass is 514 g/mol. The molecule has 2 unspecified atom stereocenters. The summed E-state index contributed by atoms with van der Waals surface area (Å²) in [6, 6.07) is 16.5. The van der Waals surface area contributed by atoms with Crippen LogP contribution < -0.4 is 5.32 Å². The maximum Gasteiger partial charge on any atom is 0.305 e. The maximum atomic E-state index is 13.9. The van der Waals surface area contributed by atoms with E-state index in [1.54, 1.807) is 36.4 Å². The van der Waals surface area contributed by atoms with E-state index in [1.165, 1.54) is 22.2 Å². The Morgan fingerprint density at radius 2 is 1.50 bits per heavy atom. The molecule has 1 aliphatic heterocycles. The molecule has 1 aromatic heterocycles. The van der Waals surface area contributed by atoms with E-state index in [0.29, 0.717) is 23.1 Å². The van der Waals surface area contributed by atoms with Gasteiger partial charge < -0.3 is 20.2 Å². The number of hydrogen-bond donors (Lipinski definition) is 2. The molecule has 3 amide bonds. The van der Waals surface area contributed by atoms with Crippen molar-refractivity contribution in [3.8, 4) is 0 Å². The third-order valence-electron chi connectivity index (χ3n) is 6.51. The summed E-state index contributed by atoms with van der Waals surface area (Å²) in [5, 5.41) is 12.4. The second-order valence-electron chi connectivity index (χ2n) is 9.40. The largest absolute Gasteiger partial charge is 0.481 e. The van der Waals surface area contributed by atoms with Crippen LogP contribution in [-0.2, 0) is 9.59 Å². The highest BCUT2D eigenvalue weighted by molar-refractivity contribution is 6.01. The third-order valence-corrected chi connectivity index (χ3v) is 6.51. The van der Waals surface area contributed by atoms with E-state index in [4.69, 9.17) is 0 Å². The quantitative estimate of drug-likeness (QED) is 0.499. The minimum absolute atomic E-state index is 0.255. The van der Waals surface area contributed by atoms with Crippen LogP contribution in [-0.4, -0.2) is 62.8 Å². The highest BCUT2D eigenvalue weighted by Gasteiger charge is 2.41. The number of benzene rings is 2. The van der Waals surface area contributed by atoms with Gasteiger partial charge in [0.05, 0.1) is 12.5 Å². The zero-order valence-corrected chi connectivity index (χ0v) is 21.3. The first-order valence-corrected chi connectivity index (χ1v) is 12.4. The fraction of sp³-hybridized carbons (Fsp3) is 0.276. The smallest absolute Gasteiger partial charge is 0.305 e. The molecule has 9 nitrogen and oxygen atoms in total. The fourth-order valence-corrected chi connectivity index (χ4v) is 4.61. The SMILES string of the molecule is Cc1ccc(C(=O)N2CCCN(C(=O)c3ccncc3)C2C(=O)NC(CC(=O)O)c2cccc(C)c2)cc1. The maximum absolute atomic E-state index is 13.9. The van der Waals surface area contributed by atoms with Gasteiger partial charge in [0.1, 0.15) is 0 Å². The van der Waals surface area contributed by atoms with Crippen LogP contribution >= 0.6 is 0 Å². The van der Waals surface area contributed by atoms with Crippen molar-refractivity contribution in [1.29, 1.82) is 0 Å². The number of amides is 3. The van der Waals surface area contributed by atoms with Crippen molar-refractivity contribution >= 4 is 23.7 Å². The summed E-state index contributed by atoms with van der Waals surface area (Å²) in [7, 11) is 0. The van der Waals surface area contributed by atoms with Crippen LogP contribution in [0.1, 0.15) is 56.3 Å². The van der Waals surface area contributed by atoms with Gasteiger partial charge in [0.15, 0.2) is 6.17 Å². The predicted octanol–water partition coefficient (Wildman–Crippen LogP) is 3.35. The van der Waals surface area contributed by atoms with Gasteiger partial charge in [0, 0.05) is 36.6 Å². The molecule has 0 aliphatic carbocycles. The van der Waals surface area contributed by atoms with Crippen molar-refractivity contribution in [2.75, 3.05) is 13.1 Å². The van der Waals surface area contributed by atoms with Crippen LogP contribution in [0.3, 0.4) is 0 Å². The van der Waals surface area contributed by atoms with E-state index in [-0.39, 0.29) is 25.4 Å². The second-order valence-corrected chi connectivity index (χ2v) is 9.40. The molecule has 196 valence electrons. The summed E-state index contributed by atoms with van der Waals surface area (Å²) >= 11 is 0. The van der Waals surface area contributed by atoms with E-state index in [9.17, 15) is 24.3 Å². The first kappa shape index (κ1) is 26.5. The fourth-order valence-electron chi connectivity index (χ4n) is 4.61. The average molecular weight is 515 g/mol. The van der Waals surface area contributed by atoms with E-state index < -0.39 is 30.0 Å². The van der Waals surface area contributed by atoms with Crippen molar-refractivity contribution in [2.45, 2.75) is 38.9 Å². The lowest BCUT2D eigenvalue weighted by Gasteiger charge is -2.43. The van der Waals surface area contributed by atoms with Crippen molar-refractivity contribution < 1.29 is 24.3 Å². The lowest BCUT2D eigenvalue weighted by Crippen LogP contribution is -2.63. The number of aryl methyl sites for hydroxylation is 2. The second kappa shape index (κ2) is 11.7. The summed E-state index contributed by atoms with van der Waals surface area (Å²) in [6.07, 6.45) is 1.84. The highest BCUT2D eigenvalue weighted by atomic mass is 16.4. The number of rotatable bonds is 7. The van der Waals surface area contributed by atoms with E-state index in [1.807, 2.05) is 38.1 Å². The van der Waals surface area contributed by atoms with Crippen molar-refractivity contribution in [2.24, 2.45) is 0 Å². The van der Waals surface area contributed by atoms with Crippen molar-refractivity contribution in [1.82, 2.24) is 20.1 Å². The Morgan fingerprint density at radius 3 is 2.08 bits per heavy atom. The van der Waals surface area contributed by atoms with E-state index in [2.05, 4.69) is 10.3 Å². The van der Waals surface area contributed by atoms with Gasteiger partial charge in [-0.25, -0.2) is 0 Å². The molecule has 2 N–H and O–H groups in total. The normalized spacial score (nSPS) is 16.0. The molecule has 2 aromatic carbocycles. The Kier molecular flexibility index (Phi) is 8.15. The van der Waals surface area contributed by atoms with Gasteiger partial charge in [-0.2, -0.15) is 0 Å². The highest BCUT2D eigenvalue weighted by Crippen LogP contribution is 2.24. The van der Waals surface area contributed by atoms with Crippen LogP contribution in [0.25, 0.3) is 0 Å². The number of nitrogens with one attached hydrogen (secondary N) is 1. The number of carbonyl (C=O) groups is 4. The summed E-state index contributed by atoms with van der Waals surface area (Å²) in [5.74, 6) is -2.51. The Morgan fingerprint density at radius 1 is 0.895 bits per heavy atom. The minimum Gasteiger partial charge on any atom is -0.481 e. The first-order valence-electron chi connectivity index (χ1n) is 12.4. The number of carbonyl (C=O) groups excluding carboxylic acids is 3. The van der Waals surface area contributed by atoms with E-state index in [0.717, 1.165) is 11.1 Å². The number of carboxylic acids is 1. The van der Waals surface area contributed by atoms with Crippen LogP contribution in [0.4, 0.5) is 0 Å². The van der Waals surface area contributed by atoms with Crippen LogP contribution in [0.2, 0.25) is 0 Å². The van der Waals surface area contributed by atoms with Crippen LogP contribution in [0.5, 0.6) is 0 Å². The molecule has 0 spiro atoms. The minimum atomic E-state index is -1.26. The molecule has 2 heterocycles. The molecule has 1 aliphatic rings. The zero-order chi connectivity index (χ0) is 27.2. The Balaban J connectivity index is 1.71.